The third kappa shape index (κ3) is 9.34. The molecule has 0 spiro atoms. The molecule has 1 aromatic rings. The second kappa shape index (κ2) is 12.6. The van der Waals surface area contributed by atoms with Crippen molar-refractivity contribution in [2.75, 3.05) is 26.2 Å². The fourth-order valence-electron chi connectivity index (χ4n) is 2.44. The van der Waals surface area contributed by atoms with E-state index in [1.54, 1.807) is 24.3 Å². The largest absolute Gasteiger partial charge is 0.492 e. The van der Waals surface area contributed by atoms with Crippen LogP contribution in [0.15, 0.2) is 24.3 Å². The number of amides is 2. The molecule has 0 bridgehead atoms. The zero-order valence-corrected chi connectivity index (χ0v) is 16.0. The SMILES string of the molecule is CCCN(CCC)C(=O)CCCC(=O)NCCOc1ccc(Cl)cc1. The molecule has 0 aromatic heterocycles. The number of carbonyl (C=O) groups is 2. The Morgan fingerprint density at radius 2 is 1.72 bits per heavy atom. The van der Waals surface area contributed by atoms with Crippen LogP contribution in [0, 0.1) is 0 Å². The third-order valence-corrected chi connectivity index (χ3v) is 3.89. The molecule has 0 unspecified atom stereocenters. The van der Waals surface area contributed by atoms with Crippen molar-refractivity contribution < 1.29 is 14.3 Å². The van der Waals surface area contributed by atoms with Gasteiger partial charge in [0.25, 0.3) is 0 Å². The number of carbonyl (C=O) groups excluding carboxylic acids is 2. The Morgan fingerprint density at radius 1 is 1.08 bits per heavy atom. The first-order chi connectivity index (χ1) is 12.1. The van der Waals surface area contributed by atoms with E-state index >= 15 is 0 Å². The minimum absolute atomic E-state index is 0.0509. The lowest BCUT2D eigenvalue weighted by molar-refractivity contribution is -0.131. The highest BCUT2D eigenvalue weighted by Crippen LogP contribution is 2.15. The Balaban J connectivity index is 2.13. The lowest BCUT2D eigenvalue weighted by atomic mass is 10.2. The van der Waals surface area contributed by atoms with Gasteiger partial charge in [0.15, 0.2) is 0 Å². The minimum atomic E-state index is -0.0509. The molecule has 25 heavy (non-hydrogen) atoms. The van der Waals surface area contributed by atoms with Crippen LogP contribution in [0.3, 0.4) is 0 Å². The van der Waals surface area contributed by atoms with Crippen LogP contribution in [0.2, 0.25) is 5.02 Å². The number of benzene rings is 1. The first-order valence-electron chi connectivity index (χ1n) is 8.99. The maximum absolute atomic E-state index is 12.1. The average Bonchev–Trinajstić information content (AvgIpc) is 2.60. The zero-order valence-electron chi connectivity index (χ0n) is 15.2. The van der Waals surface area contributed by atoms with Gasteiger partial charge in [-0.2, -0.15) is 0 Å². The highest BCUT2D eigenvalue weighted by atomic mass is 35.5. The monoisotopic (exact) mass is 368 g/mol. The number of nitrogens with one attached hydrogen (secondary N) is 1. The molecule has 2 amide bonds. The molecule has 0 atom stereocenters. The Morgan fingerprint density at radius 3 is 2.32 bits per heavy atom. The van der Waals surface area contributed by atoms with E-state index in [9.17, 15) is 9.59 Å². The molecule has 1 rings (SSSR count). The predicted octanol–water partition coefficient (Wildman–Crippen LogP) is 3.65. The lowest BCUT2D eigenvalue weighted by Crippen LogP contribution is -2.33. The Bertz CT molecular complexity index is 514. The first kappa shape index (κ1) is 21.3. The molecule has 0 fully saturated rings. The molecule has 0 radical (unpaired) electrons. The van der Waals surface area contributed by atoms with Gasteiger partial charge in [-0.1, -0.05) is 25.4 Å². The summed E-state index contributed by atoms with van der Waals surface area (Å²) < 4.78 is 5.51. The van der Waals surface area contributed by atoms with Crippen molar-refractivity contribution in [2.24, 2.45) is 0 Å². The zero-order chi connectivity index (χ0) is 18.5. The van der Waals surface area contributed by atoms with Gasteiger partial charge in [-0.3, -0.25) is 9.59 Å². The van der Waals surface area contributed by atoms with Crippen molar-refractivity contribution >= 4 is 23.4 Å². The van der Waals surface area contributed by atoms with Gasteiger partial charge in [-0.25, -0.2) is 0 Å². The van der Waals surface area contributed by atoms with E-state index in [1.165, 1.54) is 0 Å². The van der Waals surface area contributed by atoms with Gasteiger partial charge < -0.3 is 15.0 Å². The van der Waals surface area contributed by atoms with E-state index in [1.807, 2.05) is 4.90 Å². The maximum atomic E-state index is 12.1. The van der Waals surface area contributed by atoms with Gasteiger partial charge in [0.05, 0.1) is 6.54 Å². The summed E-state index contributed by atoms with van der Waals surface area (Å²) in [5.74, 6) is 0.809. The van der Waals surface area contributed by atoms with Gasteiger partial charge in [-0.15, -0.1) is 0 Å². The first-order valence-corrected chi connectivity index (χ1v) is 9.37. The molecule has 0 heterocycles. The second-order valence-corrected chi connectivity index (χ2v) is 6.32. The molecule has 1 N–H and O–H groups in total. The van der Waals surface area contributed by atoms with Crippen molar-refractivity contribution in [1.29, 1.82) is 0 Å². The lowest BCUT2D eigenvalue weighted by Gasteiger charge is -2.21. The summed E-state index contributed by atoms with van der Waals surface area (Å²) in [6.07, 6.45) is 3.28. The number of hydrogen-bond donors (Lipinski definition) is 1. The van der Waals surface area contributed by atoms with Gasteiger partial charge in [0.2, 0.25) is 11.8 Å². The van der Waals surface area contributed by atoms with E-state index in [-0.39, 0.29) is 11.8 Å². The van der Waals surface area contributed by atoms with Crippen molar-refractivity contribution in [3.63, 3.8) is 0 Å². The van der Waals surface area contributed by atoms with Crippen LogP contribution in [0.25, 0.3) is 0 Å². The number of rotatable bonds is 12. The summed E-state index contributed by atoms with van der Waals surface area (Å²) in [6, 6.07) is 7.09. The molecular weight excluding hydrogens is 340 g/mol. The smallest absolute Gasteiger partial charge is 0.222 e. The standard InChI is InChI=1S/C19H29ClN2O3/c1-3-13-22(14-4-2)19(24)7-5-6-18(23)21-12-15-25-17-10-8-16(20)9-11-17/h8-11H,3-7,12-15H2,1-2H3,(H,21,23). The van der Waals surface area contributed by atoms with Crippen LogP contribution in [-0.2, 0) is 9.59 Å². The van der Waals surface area contributed by atoms with Crippen molar-refractivity contribution in [1.82, 2.24) is 10.2 Å². The van der Waals surface area contributed by atoms with E-state index in [0.29, 0.717) is 37.4 Å². The topological polar surface area (TPSA) is 58.6 Å². The molecule has 5 nitrogen and oxygen atoms in total. The van der Waals surface area contributed by atoms with Gasteiger partial charge in [0, 0.05) is 31.0 Å². The van der Waals surface area contributed by atoms with Gasteiger partial charge in [-0.05, 0) is 43.5 Å². The maximum Gasteiger partial charge on any atom is 0.222 e. The quantitative estimate of drug-likeness (QED) is 0.573. The second-order valence-electron chi connectivity index (χ2n) is 5.89. The van der Waals surface area contributed by atoms with Crippen LogP contribution in [0.4, 0.5) is 0 Å². The highest BCUT2D eigenvalue weighted by Gasteiger charge is 2.12. The normalized spacial score (nSPS) is 10.4. The fraction of sp³-hybridized carbons (Fsp3) is 0.579. The van der Waals surface area contributed by atoms with Crippen LogP contribution in [-0.4, -0.2) is 43.0 Å². The molecule has 140 valence electrons. The van der Waals surface area contributed by atoms with Crippen LogP contribution < -0.4 is 10.1 Å². The summed E-state index contributed by atoms with van der Waals surface area (Å²) in [7, 11) is 0. The highest BCUT2D eigenvalue weighted by molar-refractivity contribution is 6.30. The van der Waals surface area contributed by atoms with Crippen molar-refractivity contribution in [2.45, 2.75) is 46.0 Å². The van der Waals surface area contributed by atoms with Crippen molar-refractivity contribution in [3.05, 3.63) is 29.3 Å². The summed E-state index contributed by atoms with van der Waals surface area (Å²) in [5.41, 5.74) is 0. The molecule has 6 heteroatoms. The van der Waals surface area contributed by atoms with Crippen molar-refractivity contribution in [3.8, 4) is 5.75 Å². The number of halogens is 1. The Hall–Kier alpha value is -1.75. The predicted molar refractivity (Wildman–Crippen MR) is 101 cm³/mol. The summed E-state index contributed by atoms with van der Waals surface area (Å²) >= 11 is 5.80. The molecular formula is C19H29ClN2O3. The van der Waals surface area contributed by atoms with Gasteiger partial charge >= 0.3 is 0 Å². The number of ether oxygens (including phenoxy) is 1. The average molecular weight is 369 g/mol. The number of hydrogen-bond acceptors (Lipinski definition) is 3. The van der Waals surface area contributed by atoms with Crippen LogP contribution >= 0.6 is 11.6 Å². The van der Waals surface area contributed by atoms with E-state index in [4.69, 9.17) is 16.3 Å². The van der Waals surface area contributed by atoms with E-state index in [0.717, 1.165) is 31.7 Å². The van der Waals surface area contributed by atoms with E-state index in [2.05, 4.69) is 19.2 Å². The van der Waals surface area contributed by atoms with Crippen LogP contribution in [0.1, 0.15) is 46.0 Å². The molecule has 0 aliphatic carbocycles. The fourth-order valence-corrected chi connectivity index (χ4v) is 2.56. The summed E-state index contributed by atoms with van der Waals surface area (Å²) in [6.45, 7) is 6.55. The van der Waals surface area contributed by atoms with Gasteiger partial charge in [0.1, 0.15) is 12.4 Å². The molecule has 0 aliphatic rings. The minimum Gasteiger partial charge on any atom is -0.492 e. The van der Waals surface area contributed by atoms with E-state index < -0.39 is 0 Å². The Labute approximate surface area is 155 Å². The Kier molecular flexibility index (Phi) is 10.7. The molecule has 1 aromatic carbocycles. The third-order valence-electron chi connectivity index (χ3n) is 3.64. The molecule has 0 aliphatic heterocycles. The summed E-state index contributed by atoms with van der Waals surface area (Å²) in [5, 5.41) is 3.46. The van der Waals surface area contributed by atoms with Crippen LogP contribution in [0.5, 0.6) is 5.75 Å². The molecule has 0 saturated heterocycles. The summed E-state index contributed by atoms with van der Waals surface area (Å²) in [4.78, 5) is 25.8. The molecule has 0 saturated carbocycles. The number of nitrogens with zero attached hydrogens (tertiary/aromatic N) is 1.